The molecule has 0 radical (unpaired) electrons. The van der Waals surface area contributed by atoms with E-state index < -0.39 is 0 Å². The molecule has 68 valence electrons. The Bertz CT molecular complexity index is 309. The summed E-state index contributed by atoms with van der Waals surface area (Å²) in [5, 5.41) is 0. The van der Waals surface area contributed by atoms with Crippen molar-refractivity contribution in [1.82, 2.24) is 0 Å². The molecule has 0 heterocycles. The van der Waals surface area contributed by atoms with Gasteiger partial charge in [-0.05, 0) is 26.0 Å². The zero-order chi connectivity index (χ0) is 9.68. The highest BCUT2D eigenvalue weighted by molar-refractivity contribution is 5.86. The van der Waals surface area contributed by atoms with Crippen LogP contribution >= 0.6 is 0 Å². The molecule has 0 spiro atoms. The van der Waals surface area contributed by atoms with Crippen LogP contribution in [0, 0.1) is 6.92 Å². The molecule has 0 aliphatic heterocycles. The fraction of sp³-hybridized carbons (Fsp3) is 0.182. The number of carbonyl (C=O) groups excluding carboxylic acids is 1. The monoisotopic (exact) mass is 176 g/mol. The lowest BCUT2D eigenvalue weighted by Gasteiger charge is -1.98. The Morgan fingerprint density at radius 2 is 1.92 bits per heavy atom. The summed E-state index contributed by atoms with van der Waals surface area (Å²) in [4.78, 5) is 10.5. The second-order valence-corrected chi connectivity index (χ2v) is 2.84. The van der Waals surface area contributed by atoms with Crippen LogP contribution in [0.3, 0.4) is 0 Å². The van der Waals surface area contributed by atoms with Crippen LogP contribution in [0.4, 0.5) is 0 Å². The molecule has 0 saturated carbocycles. The van der Waals surface area contributed by atoms with E-state index in [9.17, 15) is 4.79 Å². The average molecular weight is 176 g/mol. The summed E-state index contributed by atoms with van der Waals surface area (Å²) in [5.41, 5.74) is 1.18. The lowest BCUT2D eigenvalue weighted by molar-refractivity contribution is -0.112. The fourth-order valence-corrected chi connectivity index (χ4v) is 0.825. The molecule has 0 unspecified atom stereocenters. The quantitative estimate of drug-likeness (QED) is 0.522. The highest BCUT2D eigenvalue weighted by Crippen LogP contribution is 2.11. The van der Waals surface area contributed by atoms with Gasteiger partial charge in [0, 0.05) is 6.08 Å². The van der Waals surface area contributed by atoms with Crippen molar-refractivity contribution >= 4 is 5.78 Å². The van der Waals surface area contributed by atoms with E-state index in [4.69, 9.17) is 4.74 Å². The van der Waals surface area contributed by atoms with Gasteiger partial charge in [-0.25, -0.2) is 0 Å². The Kier molecular flexibility index (Phi) is 3.26. The van der Waals surface area contributed by atoms with Crippen LogP contribution in [0.5, 0.6) is 5.75 Å². The Labute approximate surface area is 77.8 Å². The van der Waals surface area contributed by atoms with Crippen LogP contribution in [0.1, 0.15) is 12.5 Å². The molecular weight excluding hydrogens is 164 g/mol. The number of aryl methyl sites for hydroxylation is 1. The van der Waals surface area contributed by atoms with Gasteiger partial charge in [0.2, 0.25) is 0 Å². The molecule has 0 atom stereocenters. The number of rotatable bonds is 3. The zero-order valence-electron chi connectivity index (χ0n) is 7.78. The standard InChI is InChI=1S/C11H12O2/c1-9-3-5-11(6-4-9)13-8-7-10(2)12/h3-8H,1-2H3. The molecular formula is C11H12O2. The maximum atomic E-state index is 10.5. The Morgan fingerprint density at radius 3 is 2.46 bits per heavy atom. The number of hydrogen-bond donors (Lipinski definition) is 0. The van der Waals surface area contributed by atoms with Gasteiger partial charge in [0.25, 0.3) is 0 Å². The molecule has 13 heavy (non-hydrogen) atoms. The first-order valence-electron chi connectivity index (χ1n) is 4.09. The minimum Gasteiger partial charge on any atom is -0.465 e. The van der Waals surface area contributed by atoms with Crippen LogP contribution in [0.25, 0.3) is 0 Å². The van der Waals surface area contributed by atoms with Crippen LogP contribution in [0.2, 0.25) is 0 Å². The van der Waals surface area contributed by atoms with Crippen molar-refractivity contribution in [2.75, 3.05) is 0 Å². The number of benzene rings is 1. The van der Waals surface area contributed by atoms with E-state index in [1.165, 1.54) is 24.8 Å². The van der Waals surface area contributed by atoms with Crippen molar-refractivity contribution in [3.8, 4) is 5.75 Å². The summed E-state index contributed by atoms with van der Waals surface area (Å²) in [6, 6.07) is 7.63. The normalized spacial score (nSPS) is 10.3. The van der Waals surface area contributed by atoms with Gasteiger partial charge in [-0.2, -0.15) is 0 Å². The molecule has 1 aromatic rings. The van der Waals surface area contributed by atoms with E-state index in [0.29, 0.717) is 0 Å². The number of carbonyl (C=O) groups is 1. The van der Waals surface area contributed by atoms with Crippen molar-refractivity contribution in [1.29, 1.82) is 0 Å². The summed E-state index contributed by atoms with van der Waals surface area (Å²) < 4.78 is 5.17. The summed E-state index contributed by atoms with van der Waals surface area (Å²) in [6.45, 7) is 3.49. The van der Waals surface area contributed by atoms with Gasteiger partial charge in [0.05, 0.1) is 6.26 Å². The van der Waals surface area contributed by atoms with Crippen LogP contribution in [-0.4, -0.2) is 5.78 Å². The van der Waals surface area contributed by atoms with E-state index in [1.54, 1.807) is 0 Å². The number of hydrogen-bond acceptors (Lipinski definition) is 2. The molecule has 0 amide bonds. The molecule has 0 aliphatic carbocycles. The molecule has 1 aromatic carbocycles. The van der Waals surface area contributed by atoms with Crippen molar-refractivity contribution in [3.05, 3.63) is 42.2 Å². The third-order valence-electron chi connectivity index (χ3n) is 1.53. The highest BCUT2D eigenvalue weighted by Gasteiger charge is 1.89. The van der Waals surface area contributed by atoms with Gasteiger partial charge in [0.1, 0.15) is 5.75 Å². The predicted molar refractivity (Wildman–Crippen MR) is 51.6 cm³/mol. The first kappa shape index (κ1) is 9.52. The van der Waals surface area contributed by atoms with E-state index in [0.717, 1.165) is 5.75 Å². The van der Waals surface area contributed by atoms with Gasteiger partial charge in [-0.3, -0.25) is 4.79 Å². The van der Waals surface area contributed by atoms with Gasteiger partial charge in [-0.15, -0.1) is 0 Å². The molecule has 0 aliphatic rings. The smallest absolute Gasteiger partial charge is 0.155 e. The van der Waals surface area contributed by atoms with E-state index in [2.05, 4.69) is 0 Å². The molecule has 0 N–H and O–H groups in total. The topological polar surface area (TPSA) is 26.3 Å². The average Bonchev–Trinajstić information content (AvgIpc) is 2.08. The Morgan fingerprint density at radius 1 is 1.31 bits per heavy atom. The van der Waals surface area contributed by atoms with Crippen LogP contribution in [-0.2, 0) is 4.79 Å². The summed E-state index contributed by atoms with van der Waals surface area (Å²) in [6.07, 6.45) is 2.78. The van der Waals surface area contributed by atoms with E-state index in [1.807, 2.05) is 31.2 Å². The second kappa shape index (κ2) is 4.45. The highest BCUT2D eigenvalue weighted by atomic mass is 16.5. The molecule has 0 bridgehead atoms. The summed E-state index contributed by atoms with van der Waals surface area (Å²) in [5.74, 6) is 0.718. The van der Waals surface area contributed by atoms with E-state index >= 15 is 0 Å². The predicted octanol–water partition coefficient (Wildman–Crippen LogP) is 2.48. The Balaban J connectivity index is 2.55. The maximum absolute atomic E-state index is 10.5. The van der Waals surface area contributed by atoms with Crippen LogP contribution < -0.4 is 4.74 Å². The number of ether oxygens (including phenoxy) is 1. The maximum Gasteiger partial charge on any atom is 0.155 e. The largest absolute Gasteiger partial charge is 0.465 e. The minimum absolute atomic E-state index is 0.0212. The van der Waals surface area contributed by atoms with Gasteiger partial charge < -0.3 is 4.74 Å². The van der Waals surface area contributed by atoms with E-state index in [-0.39, 0.29) is 5.78 Å². The van der Waals surface area contributed by atoms with Crippen molar-refractivity contribution in [3.63, 3.8) is 0 Å². The first-order chi connectivity index (χ1) is 6.18. The molecule has 0 saturated heterocycles. The molecule has 1 rings (SSSR count). The van der Waals surface area contributed by atoms with Crippen molar-refractivity contribution < 1.29 is 9.53 Å². The SMILES string of the molecule is CC(=O)C=COc1ccc(C)cc1. The van der Waals surface area contributed by atoms with Crippen molar-refractivity contribution in [2.45, 2.75) is 13.8 Å². The zero-order valence-corrected chi connectivity index (χ0v) is 7.78. The van der Waals surface area contributed by atoms with Gasteiger partial charge in [0.15, 0.2) is 5.78 Å². The lowest BCUT2D eigenvalue weighted by Crippen LogP contribution is -1.86. The molecule has 0 fully saturated rings. The van der Waals surface area contributed by atoms with Gasteiger partial charge >= 0.3 is 0 Å². The third kappa shape index (κ3) is 3.56. The fourth-order valence-electron chi connectivity index (χ4n) is 0.825. The summed E-state index contributed by atoms with van der Waals surface area (Å²) >= 11 is 0. The molecule has 0 aromatic heterocycles. The third-order valence-corrected chi connectivity index (χ3v) is 1.53. The number of allylic oxidation sites excluding steroid dienone is 1. The van der Waals surface area contributed by atoms with Crippen molar-refractivity contribution in [2.24, 2.45) is 0 Å². The molecule has 2 nitrogen and oxygen atoms in total. The first-order valence-corrected chi connectivity index (χ1v) is 4.09. The van der Waals surface area contributed by atoms with Crippen LogP contribution in [0.15, 0.2) is 36.6 Å². The minimum atomic E-state index is -0.0212. The number of ketones is 1. The Hall–Kier alpha value is -1.57. The lowest BCUT2D eigenvalue weighted by atomic mass is 10.2. The van der Waals surface area contributed by atoms with Gasteiger partial charge in [-0.1, -0.05) is 17.7 Å². The second-order valence-electron chi connectivity index (χ2n) is 2.84. The summed E-state index contributed by atoms with van der Waals surface area (Å²) in [7, 11) is 0. The molecule has 2 heteroatoms.